The number of nitrogens with zero attached hydrogens (tertiary/aromatic N) is 3. The molecule has 4 nitrogen and oxygen atoms in total. The number of halogens is 1. The van der Waals surface area contributed by atoms with E-state index >= 15 is 0 Å². The molecule has 0 unspecified atom stereocenters. The molecule has 2 aromatic heterocycles. The average Bonchev–Trinajstić information content (AvgIpc) is 2.77. The SMILES string of the molecule is CC(C)c1nc(CNc2ncncc2Cl)cs1. The summed E-state index contributed by atoms with van der Waals surface area (Å²) in [5.41, 5.74) is 1.01. The standard InChI is InChI=1S/C11H13ClN4S/c1-7(2)11-16-8(5-17-11)3-14-10-9(12)4-13-6-15-10/h4-7H,3H2,1-2H3,(H,13,14,15). The maximum absolute atomic E-state index is 5.94. The molecule has 0 aliphatic rings. The number of thiazole rings is 1. The Balaban J connectivity index is 2.00. The minimum atomic E-state index is 0.469. The Morgan fingerprint density at radius 1 is 1.47 bits per heavy atom. The topological polar surface area (TPSA) is 50.7 Å². The zero-order valence-electron chi connectivity index (χ0n) is 9.64. The van der Waals surface area contributed by atoms with Gasteiger partial charge in [0.2, 0.25) is 0 Å². The van der Waals surface area contributed by atoms with Gasteiger partial charge in [0.15, 0.2) is 0 Å². The van der Waals surface area contributed by atoms with Gasteiger partial charge in [0.05, 0.1) is 23.4 Å². The van der Waals surface area contributed by atoms with Crippen molar-refractivity contribution in [3.8, 4) is 0 Å². The third-order valence-electron chi connectivity index (χ3n) is 2.17. The van der Waals surface area contributed by atoms with Crippen molar-refractivity contribution in [2.24, 2.45) is 0 Å². The molecule has 0 spiro atoms. The minimum absolute atomic E-state index is 0.469. The van der Waals surface area contributed by atoms with Crippen molar-refractivity contribution in [3.63, 3.8) is 0 Å². The van der Waals surface area contributed by atoms with Crippen molar-refractivity contribution in [2.45, 2.75) is 26.3 Å². The molecule has 2 aromatic rings. The Hall–Kier alpha value is -1.20. The highest BCUT2D eigenvalue weighted by Gasteiger charge is 2.06. The maximum Gasteiger partial charge on any atom is 0.148 e. The fraction of sp³-hybridized carbons (Fsp3) is 0.364. The number of rotatable bonds is 4. The first kappa shape index (κ1) is 12.3. The van der Waals surface area contributed by atoms with Gasteiger partial charge < -0.3 is 5.32 Å². The predicted octanol–water partition coefficient (Wildman–Crippen LogP) is 3.32. The lowest BCUT2D eigenvalue weighted by Gasteiger charge is -2.04. The zero-order chi connectivity index (χ0) is 12.3. The summed E-state index contributed by atoms with van der Waals surface area (Å²) in [5, 5.41) is 6.86. The molecule has 17 heavy (non-hydrogen) atoms. The molecule has 0 fully saturated rings. The molecule has 2 rings (SSSR count). The zero-order valence-corrected chi connectivity index (χ0v) is 11.2. The highest BCUT2D eigenvalue weighted by Crippen LogP contribution is 2.21. The Morgan fingerprint density at radius 2 is 2.29 bits per heavy atom. The van der Waals surface area contributed by atoms with Gasteiger partial charge in [0, 0.05) is 11.3 Å². The molecule has 0 aliphatic carbocycles. The first-order valence-corrected chi connectivity index (χ1v) is 6.56. The van der Waals surface area contributed by atoms with Crippen molar-refractivity contribution in [3.05, 3.63) is 33.6 Å². The molecule has 0 radical (unpaired) electrons. The molecule has 0 aromatic carbocycles. The summed E-state index contributed by atoms with van der Waals surface area (Å²) in [6, 6.07) is 0. The summed E-state index contributed by atoms with van der Waals surface area (Å²) >= 11 is 7.62. The van der Waals surface area contributed by atoms with Crippen LogP contribution >= 0.6 is 22.9 Å². The second kappa shape index (κ2) is 5.42. The van der Waals surface area contributed by atoms with E-state index in [0.717, 1.165) is 10.7 Å². The van der Waals surface area contributed by atoms with E-state index in [1.165, 1.54) is 6.33 Å². The van der Waals surface area contributed by atoms with E-state index in [1.807, 2.05) is 0 Å². The summed E-state index contributed by atoms with van der Waals surface area (Å²) < 4.78 is 0. The molecule has 2 heterocycles. The lowest BCUT2D eigenvalue weighted by Crippen LogP contribution is -2.02. The van der Waals surface area contributed by atoms with Gasteiger partial charge >= 0.3 is 0 Å². The summed E-state index contributed by atoms with van der Waals surface area (Å²) in [6.45, 7) is 4.90. The highest BCUT2D eigenvalue weighted by atomic mass is 35.5. The van der Waals surface area contributed by atoms with Crippen LogP contribution in [0, 0.1) is 0 Å². The molecule has 6 heteroatoms. The molecular weight excluding hydrogens is 256 g/mol. The van der Waals surface area contributed by atoms with Crippen molar-refractivity contribution >= 4 is 28.8 Å². The molecule has 1 N–H and O–H groups in total. The van der Waals surface area contributed by atoms with Gasteiger partial charge in [-0.3, -0.25) is 0 Å². The van der Waals surface area contributed by atoms with Crippen LogP contribution in [-0.2, 0) is 6.54 Å². The van der Waals surface area contributed by atoms with Gasteiger partial charge in [-0.1, -0.05) is 25.4 Å². The van der Waals surface area contributed by atoms with Gasteiger partial charge in [-0.25, -0.2) is 15.0 Å². The van der Waals surface area contributed by atoms with Gasteiger partial charge in [-0.15, -0.1) is 11.3 Å². The van der Waals surface area contributed by atoms with Crippen LogP contribution in [0.4, 0.5) is 5.82 Å². The quantitative estimate of drug-likeness (QED) is 0.924. The lowest BCUT2D eigenvalue weighted by atomic mass is 10.2. The molecule has 0 saturated heterocycles. The molecule has 0 saturated carbocycles. The molecule has 0 aliphatic heterocycles. The second-order valence-corrected chi connectivity index (χ2v) is 5.20. The number of anilines is 1. The lowest BCUT2D eigenvalue weighted by molar-refractivity contribution is 0.840. The van der Waals surface area contributed by atoms with Crippen LogP contribution in [0.2, 0.25) is 5.02 Å². The van der Waals surface area contributed by atoms with Crippen LogP contribution < -0.4 is 5.32 Å². The Bertz CT molecular complexity index is 498. The van der Waals surface area contributed by atoms with Crippen LogP contribution in [0.15, 0.2) is 17.9 Å². The Morgan fingerprint density at radius 3 is 2.94 bits per heavy atom. The van der Waals surface area contributed by atoms with Crippen molar-refractivity contribution in [1.82, 2.24) is 15.0 Å². The van der Waals surface area contributed by atoms with Gasteiger partial charge in [0.25, 0.3) is 0 Å². The first-order valence-electron chi connectivity index (χ1n) is 5.30. The molecule has 0 atom stereocenters. The molecule has 0 bridgehead atoms. The van der Waals surface area contributed by atoms with Crippen LogP contribution in [0.3, 0.4) is 0 Å². The highest BCUT2D eigenvalue weighted by molar-refractivity contribution is 7.09. The van der Waals surface area contributed by atoms with E-state index in [2.05, 4.69) is 39.5 Å². The van der Waals surface area contributed by atoms with E-state index in [-0.39, 0.29) is 0 Å². The Kier molecular flexibility index (Phi) is 3.91. The fourth-order valence-corrected chi connectivity index (χ4v) is 2.29. The smallest absolute Gasteiger partial charge is 0.148 e. The number of aromatic nitrogens is 3. The summed E-state index contributed by atoms with van der Waals surface area (Å²) in [5.74, 6) is 1.11. The van der Waals surface area contributed by atoms with Crippen LogP contribution in [0.25, 0.3) is 0 Å². The van der Waals surface area contributed by atoms with E-state index in [0.29, 0.717) is 23.3 Å². The fourth-order valence-electron chi connectivity index (χ4n) is 1.29. The summed E-state index contributed by atoms with van der Waals surface area (Å²) in [4.78, 5) is 12.4. The summed E-state index contributed by atoms with van der Waals surface area (Å²) in [6.07, 6.45) is 3.03. The van der Waals surface area contributed by atoms with Gasteiger partial charge in [-0.2, -0.15) is 0 Å². The monoisotopic (exact) mass is 268 g/mol. The van der Waals surface area contributed by atoms with E-state index in [4.69, 9.17) is 11.6 Å². The predicted molar refractivity (Wildman–Crippen MR) is 70.6 cm³/mol. The van der Waals surface area contributed by atoms with E-state index < -0.39 is 0 Å². The molecular formula is C11H13ClN4S. The van der Waals surface area contributed by atoms with Crippen LogP contribution in [0.5, 0.6) is 0 Å². The number of hydrogen-bond acceptors (Lipinski definition) is 5. The minimum Gasteiger partial charge on any atom is -0.363 e. The van der Waals surface area contributed by atoms with E-state index in [1.54, 1.807) is 17.5 Å². The maximum atomic E-state index is 5.94. The van der Waals surface area contributed by atoms with Crippen molar-refractivity contribution in [2.75, 3.05) is 5.32 Å². The van der Waals surface area contributed by atoms with E-state index in [9.17, 15) is 0 Å². The molecule has 0 amide bonds. The van der Waals surface area contributed by atoms with Crippen LogP contribution in [0.1, 0.15) is 30.5 Å². The first-order chi connectivity index (χ1) is 8.16. The van der Waals surface area contributed by atoms with Crippen LogP contribution in [-0.4, -0.2) is 15.0 Å². The Labute approximate surface area is 109 Å². The van der Waals surface area contributed by atoms with Gasteiger partial charge in [-0.05, 0) is 0 Å². The average molecular weight is 269 g/mol. The third-order valence-corrected chi connectivity index (χ3v) is 3.64. The largest absolute Gasteiger partial charge is 0.363 e. The van der Waals surface area contributed by atoms with Crippen molar-refractivity contribution < 1.29 is 0 Å². The normalized spacial score (nSPS) is 10.8. The third kappa shape index (κ3) is 3.14. The molecule has 90 valence electrons. The number of hydrogen-bond donors (Lipinski definition) is 1. The van der Waals surface area contributed by atoms with Gasteiger partial charge in [0.1, 0.15) is 17.2 Å². The second-order valence-electron chi connectivity index (χ2n) is 3.90. The number of nitrogens with one attached hydrogen (secondary N) is 1. The summed E-state index contributed by atoms with van der Waals surface area (Å²) in [7, 11) is 0. The van der Waals surface area contributed by atoms with Crippen molar-refractivity contribution in [1.29, 1.82) is 0 Å².